The van der Waals surface area contributed by atoms with Crippen molar-refractivity contribution in [3.05, 3.63) is 64.0 Å². The summed E-state index contributed by atoms with van der Waals surface area (Å²) < 4.78 is 44.0. The van der Waals surface area contributed by atoms with Gasteiger partial charge in [0, 0.05) is 13.2 Å². The average Bonchev–Trinajstić information content (AvgIpc) is 3.29. The summed E-state index contributed by atoms with van der Waals surface area (Å²) in [6, 6.07) is 6.00. The second kappa shape index (κ2) is 8.77. The van der Waals surface area contributed by atoms with Crippen LogP contribution in [0.15, 0.2) is 24.4 Å². The molecular formula is C22H18F3N9O2. The first-order valence-corrected chi connectivity index (χ1v) is 10.4. The Morgan fingerprint density at radius 3 is 2.53 bits per heavy atom. The molecule has 0 fully saturated rings. The van der Waals surface area contributed by atoms with Gasteiger partial charge in [0.05, 0.1) is 45.8 Å². The van der Waals surface area contributed by atoms with Crippen LogP contribution in [0, 0.1) is 25.2 Å². The molecule has 0 atom stereocenters. The molecule has 3 N–H and O–H groups in total. The molecule has 0 aliphatic rings. The minimum atomic E-state index is -4.88. The van der Waals surface area contributed by atoms with E-state index in [0.29, 0.717) is 17.0 Å². The molecule has 0 spiro atoms. The number of fused-ring (bicyclic) bond motifs is 1. The zero-order chi connectivity index (χ0) is 26.4. The zero-order valence-corrected chi connectivity index (χ0v) is 19.2. The van der Waals surface area contributed by atoms with E-state index in [0.717, 1.165) is 10.7 Å². The number of carbonyl (C=O) groups is 2. The fourth-order valence-electron chi connectivity index (χ4n) is 3.72. The van der Waals surface area contributed by atoms with E-state index in [1.54, 1.807) is 14.0 Å². The number of amides is 2. The topological polar surface area (TPSA) is 157 Å². The fourth-order valence-corrected chi connectivity index (χ4v) is 3.72. The number of nitrogens with one attached hydrogen (secondary N) is 1. The molecule has 0 bridgehead atoms. The number of hydrogen-bond donors (Lipinski definition) is 2. The highest BCUT2D eigenvalue weighted by molar-refractivity contribution is 6.14. The highest BCUT2D eigenvalue weighted by Gasteiger charge is 2.39. The minimum Gasteiger partial charge on any atom is -0.364 e. The first kappa shape index (κ1) is 24.3. The highest BCUT2D eigenvalue weighted by Crippen LogP contribution is 2.36. The van der Waals surface area contributed by atoms with Crippen molar-refractivity contribution in [2.45, 2.75) is 26.6 Å². The summed E-state index contributed by atoms with van der Waals surface area (Å²) >= 11 is 0. The minimum absolute atomic E-state index is 0.0187. The Bertz CT molecular complexity index is 1560. The summed E-state index contributed by atoms with van der Waals surface area (Å²) in [6.45, 7) is 2.83. The Morgan fingerprint density at radius 1 is 1.22 bits per heavy atom. The van der Waals surface area contributed by atoms with Crippen molar-refractivity contribution < 1.29 is 22.8 Å². The van der Waals surface area contributed by atoms with Gasteiger partial charge in [-0.2, -0.15) is 28.6 Å². The SMILES string of the molecule is Cc1nn(C)c2nc(C(N)=O)cc(C(=O)Nc3c(C(F)(F)F)nn(Cc4ccc(C#N)cn4)c3C)c12. The van der Waals surface area contributed by atoms with Gasteiger partial charge in [-0.3, -0.25) is 23.9 Å². The number of anilines is 1. The maximum absolute atomic E-state index is 13.9. The standard InChI is InChI=1S/C22H18F3N9O2/c1-10-16-14(6-15(19(27)35)29-20(16)33(3)31-10)21(36)30-17-11(2)34(32-18(17)22(23,24)25)9-13-5-4-12(7-26)8-28-13/h4-6,8H,9H2,1-3H3,(H2,27,35)(H,30,36). The van der Waals surface area contributed by atoms with Crippen molar-refractivity contribution in [3.8, 4) is 6.07 Å². The van der Waals surface area contributed by atoms with Crippen molar-refractivity contribution in [3.63, 3.8) is 0 Å². The Balaban J connectivity index is 1.78. The number of halogens is 3. The molecular weight excluding hydrogens is 479 g/mol. The molecule has 4 heterocycles. The Morgan fingerprint density at radius 2 is 1.94 bits per heavy atom. The fraction of sp³-hybridized carbons (Fsp3) is 0.227. The molecule has 14 heteroatoms. The molecule has 4 rings (SSSR count). The Labute approximate surface area is 201 Å². The second-order valence-electron chi connectivity index (χ2n) is 7.90. The van der Waals surface area contributed by atoms with Crippen LogP contribution in [0.25, 0.3) is 11.0 Å². The molecule has 0 aromatic carbocycles. The van der Waals surface area contributed by atoms with Crippen LogP contribution in [-0.2, 0) is 19.8 Å². The first-order valence-electron chi connectivity index (χ1n) is 10.4. The number of primary amides is 1. The van der Waals surface area contributed by atoms with Crippen molar-refractivity contribution in [1.82, 2.24) is 29.5 Å². The third-order valence-corrected chi connectivity index (χ3v) is 5.44. The van der Waals surface area contributed by atoms with Crippen LogP contribution in [0.5, 0.6) is 0 Å². The van der Waals surface area contributed by atoms with Crippen LogP contribution in [0.4, 0.5) is 18.9 Å². The number of hydrogen-bond acceptors (Lipinski definition) is 7. The van der Waals surface area contributed by atoms with Crippen molar-refractivity contribution in [1.29, 1.82) is 5.26 Å². The van der Waals surface area contributed by atoms with Crippen molar-refractivity contribution >= 4 is 28.5 Å². The van der Waals surface area contributed by atoms with Crippen molar-refractivity contribution in [2.24, 2.45) is 12.8 Å². The molecule has 184 valence electrons. The lowest BCUT2D eigenvalue weighted by Crippen LogP contribution is -2.19. The van der Waals surface area contributed by atoms with Gasteiger partial charge in [-0.15, -0.1) is 0 Å². The summed E-state index contributed by atoms with van der Waals surface area (Å²) in [7, 11) is 1.54. The number of alkyl halides is 3. The number of nitrogens with zero attached hydrogens (tertiary/aromatic N) is 7. The summed E-state index contributed by atoms with van der Waals surface area (Å²) in [5, 5.41) is 19.3. The number of rotatable bonds is 5. The molecule has 0 unspecified atom stereocenters. The maximum atomic E-state index is 13.9. The van der Waals surface area contributed by atoms with Crippen LogP contribution in [0.1, 0.15) is 49.2 Å². The van der Waals surface area contributed by atoms with E-state index < -0.39 is 29.4 Å². The second-order valence-corrected chi connectivity index (χ2v) is 7.90. The molecule has 4 aromatic heterocycles. The van der Waals surface area contributed by atoms with Gasteiger partial charge in [-0.05, 0) is 32.0 Å². The molecule has 0 saturated heterocycles. The monoisotopic (exact) mass is 497 g/mol. The normalized spacial score (nSPS) is 11.5. The van der Waals surface area contributed by atoms with Crippen LogP contribution in [0.2, 0.25) is 0 Å². The van der Waals surface area contributed by atoms with E-state index in [1.165, 1.54) is 29.9 Å². The third kappa shape index (κ3) is 4.33. The molecule has 0 aliphatic carbocycles. The van der Waals surface area contributed by atoms with Crippen LogP contribution >= 0.6 is 0 Å². The zero-order valence-electron chi connectivity index (χ0n) is 19.2. The van der Waals surface area contributed by atoms with Crippen LogP contribution < -0.4 is 11.1 Å². The summed E-state index contributed by atoms with van der Waals surface area (Å²) in [6.07, 6.45) is -3.59. The number of pyridine rings is 2. The van der Waals surface area contributed by atoms with E-state index >= 15 is 0 Å². The third-order valence-electron chi connectivity index (χ3n) is 5.44. The number of aryl methyl sites for hydroxylation is 2. The molecule has 0 aliphatic heterocycles. The summed E-state index contributed by atoms with van der Waals surface area (Å²) in [5.74, 6) is -1.84. The lowest BCUT2D eigenvalue weighted by atomic mass is 10.1. The first-order chi connectivity index (χ1) is 16.9. The number of nitriles is 1. The van der Waals surface area contributed by atoms with E-state index in [1.807, 2.05) is 6.07 Å². The highest BCUT2D eigenvalue weighted by atomic mass is 19.4. The summed E-state index contributed by atoms with van der Waals surface area (Å²) in [5.41, 5.74) is 4.36. The van der Waals surface area contributed by atoms with Gasteiger partial charge in [0.25, 0.3) is 11.8 Å². The number of aromatic nitrogens is 6. The largest absolute Gasteiger partial charge is 0.437 e. The van der Waals surface area contributed by atoms with E-state index in [-0.39, 0.29) is 34.5 Å². The van der Waals surface area contributed by atoms with Gasteiger partial charge in [0.2, 0.25) is 0 Å². The molecule has 0 saturated carbocycles. The van der Waals surface area contributed by atoms with Gasteiger partial charge >= 0.3 is 6.18 Å². The van der Waals surface area contributed by atoms with E-state index in [2.05, 4.69) is 25.5 Å². The molecule has 11 nitrogen and oxygen atoms in total. The maximum Gasteiger partial charge on any atom is 0.437 e. The van der Waals surface area contributed by atoms with Gasteiger partial charge < -0.3 is 11.1 Å². The van der Waals surface area contributed by atoms with Crippen molar-refractivity contribution in [2.75, 3.05) is 5.32 Å². The predicted octanol–water partition coefficient (Wildman–Crippen LogP) is 2.47. The molecule has 4 aromatic rings. The Hall–Kier alpha value is -4.80. The van der Waals surface area contributed by atoms with Gasteiger partial charge in [0.15, 0.2) is 11.3 Å². The predicted molar refractivity (Wildman–Crippen MR) is 120 cm³/mol. The molecule has 36 heavy (non-hydrogen) atoms. The van der Waals surface area contributed by atoms with Crippen LogP contribution in [-0.4, -0.2) is 41.3 Å². The molecule has 0 radical (unpaired) electrons. The van der Waals surface area contributed by atoms with Gasteiger partial charge in [0.1, 0.15) is 11.8 Å². The number of nitrogens with two attached hydrogens (primary N) is 1. The lowest BCUT2D eigenvalue weighted by molar-refractivity contribution is -0.140. The Kier molecular flexibility index (Phi) is 5.92. The van der Waals surface area contributed by atoms with Gasteiger partial charge in [-0.1, -0.05) is 0 Å². The lowest BCUT2D eigenvalue weighted by Gasteiger charge is -2.11. The van der Waals surface area contributed by atoms with E-state index in [4.69, 9.17) is 11.0 Å². The average molecular weight is 497 g/mol. The summed E-state index contributed by atoms with van der Waals surface area (Å²) in [4.78, 5) is 33.2. The number of carbonyl (C=O) groups excluding carboxylic acids is 2. The smallest absolute Gasteiger partial charge is 0.364 e. The quantitative estimate of drug-likeness (QED) is 0.429. The van der Waals surface area contributed by atoms with Crippen LogP contribution in [0.3, 0.4) is 0 Å². The molecule has 2 amide bonds. The van der Waals surface area contributed by atoms with E-state index in [9.17, 15) is 22.8 Å². The van der Waals surface area contributed by atoms with Gasteiger partial charge in [-0.25, -0.2) is 4.98 Å².